The predicted octanol–water partition coefficient (Wildman–Crippen LogP) is 3.01. The molecule has 0 aliphatic rings. The Morgan fingerprint density at radius 3 is 2.17 bits per heavy atom. The van der Waals surface area contributed by atoms with E-state index in [1.54, 1.807) is 0 Å². The Hall–Kier alpha value is -1.32. The van der Waals surface area contributed by atoms with Crippen LogP contribution in [0.5, 0.6) is 0 Å². The van der Waals surface area contributed by atoms with Gasteiger partial charge in [-0.1, -0.05) is 13.8 Å². The van der Waals surface area contributed by atoms with Gasteiger partial charge in [0.05, 0.1) is 0 Å². The minimum atomic E-state index is 0.435. The van der Waals surface area contributed by atoms with Gasteiger partial charge in [0.2, 0.25) is 0 Å². The van der Waals surface area contributed by atoms with Gasteiger partial charge >= 0.3 is 0 Å². The van der Waals surface area contributed by atoms with Gasteiger partial charge in [-0.15, -0.1) is 0 Å². The number of rotatable bonds is 5. The van der Waals surface area contributed by atoms with Gasteiger partial charge in [-0.3, -0.25) is 0 Å². The Morgan fingerprint density at radius 2 is 1.72 bits per heavy atom. The fraction of sp³-hybridized carbons (Fsp3) is 0.714. The highest BCUT2D eigenvalue weighted by molar-refractivity contribution is 5.58. The summed E-state index contributed by atoms with van der Waals surface area (Å²) in [5.41, 5.74) is 1.12. The van der Waals surface area contributed by atoms with Crippen LogP contribution in [0.25, 0.3) is 0 Å². The quantitative estimate of drug-likeness (QED) is 0.872. The lowest BCUT2D eigenvalue weighted by Crippen LogP contribution is -2.35. The second kappa shape index (κ2) is 6.03. The van der Waals surface area contributed by atoms with Gasteiger partial charge < -0.3 is 10.2 Å². The monoisotopic (exact) mass is 250 g/mol. The molecule has 4 nitrogen and oxygen atoms in total. The summed E-state index contributed by atoms with van der Waals surface area (Å²) in [6.07, 6.45) is 0. The second-order valence-electron chi connectivity index (χ2n) is 5.46. The highest BCUT2D eigenvalue weighted by atomic mass is 15.2. The van der Waals surface area contributed by atoms with Crippen LogP contribution < -0.4 is 10.2 Å². The summed E-state index contributed by atoms with van der Waals surface area (Å²) in [5.74, 6) is 3.40. The van der Waals surface area contributed by atoms with E-state index in [2.05, 4.69) is 54.8 Å². The average Bonchev–Trinajstić information content (AvgIpc) is 2.28. The first-order valence-electron chi connectivity index (χ1n) is 6.66. The Labute approximate surface area is 111 Å². The summed E-state index contributed by atoms with van der Waals surface area (Å²) in [5, 5.41) is 3.15. The van der Waals surface area contributed by atoms with Crippen molar-refractivity contribution in [1.29, 1.82) is 0 Å². The van der Waals surface area contributed by atoms with Gasteiger partial charge in [0, 0.05) is 25.2 Å². The van der Waals surface area contributed by atoms with Gasteiger partial charge in [0.1, 0.15) is 17.5 Å². The van der Waals surface area contributed by atoms with Crippen LogP contribution in [0, 0.1) is 19.8 Å². The van der Waals surface area contributed by atoms with E-state index in [4.69, 9.17) is 0 Å². The molecule has 1 N–H and O–H groups in total. The Bertz CT molecular complexity index is 399. The normalized spacial score (nSPS) is 11.2. The first-order valence-corrected chi connectivity index (χ1v) is 6.66. The van der Waals surface area contributed by atoms with Crippen molar-refractivity contribution in [3.63, 3.8) is 0 Å². The smallest absolute Gasteiger partial charge is 0.137 e. The van der Waals surface area contributed by atoms with Crippen LogP contribution >= 0.6 is 0 Å². The molecule has 0 radical (unpaired) electrons. The maximum Gasteiger partial charge on any atom is 0.137 e. The number of hydrogen-bond donors (Lipinski definition) is 1. The van der Waals surface area contributed by atoms with Crippen molar-refractivity contribution >= 4 is 11.6 Å². The molecule has 0 aromatic carbocycles. The van der Waals surface area contributed by atoms with Crippen LogP contribution in [-0.2, 0) is 0 Å². The molecular formula is C14H26N4. The van der Waals surface area contributed by atoms with Gasteiger partial charge in [-0.05, 0) is 33.6 Å². The molecule has 0 unspecified atom stereocenters. The molecule has 4 heteroatoms. The second-order valence-corrected chi connectivity index (χ2v) is 5.46. The zero-order chi connectivity index (χ0) is 13.9. The van der Waals surface area contributed by atoms with Gasteiger partial charge in [0.15, 0.2) is 0 Å². The Morgan fingerprint density at radius 1 is 1.11 bits per heavy atom. The molecule has 0 amide bonds. The van der Waals surface area contributed by atoms with E-state index in [1.165, 1.54) is 0 Å². The number of nitrogens with zero attached hydrogens (tertiary/aromatic N) is 3. The Kier molecular flexibility index (Phi) is 4.93. The van der Waals surface area contributed by atoms with E-state index in [1.807, 2.05) is 14.0 Å². The number of aryl methyl sites for hydroxylation is 1. The lowest BCUT2D eigenvalue weighted by molar-refractivity contribution is 0.564. The van der Waals surface area contributed by atoms with Crippen molar-refractivity contribution < 1.29 is 0 Å². The number of aromatic nitrogens is 2. The van der Waals surface area contributed by atoms with E-state index >= 15 is 0 Å². The highest BCUT2D eigenvalue weighted by Gasteiger charge is 2.18. The molecule has 0 saturated heterocycles. The molecular weight excluding hydrogens is 224 g/mol. The summed E-state index contributed by atoms with van der Waals surface area (Å²) in [6.45, 7) is 13.9. The summed E-state index contributed by atoms with van der Waals surface area (Å²) in [7, 11) is 1.90. The SMILES string of the molecule is CNc1nc(C)nc(N(CC(C)C)C(C)C)c1C. The fourth-order valence-electron chi connectivity index (χ4n) is 2.07. The summed E-state index contributed by atoms with van der Waals surface area (Å²) in [4.78, 5) is 11.4. The maximum absolute atomic E-state index is 4.63. The van der Waals surface area contributed by atoms with Gasteiger partial charge in [-0.2, -0.15) is 0 Å². The average molecular weight is 250 g/mol. The molecule has 0 saturated carbocycles. The van der Waals surface area contributed by atoms with Crippen LogP contribution in [0.4, 0.5) is 11.6 Å². The first kappa shape index (κ1) is 14.7. The third-order valence-electron chi connectivity index (χ3n) is 2.93. The largest absolute Gasteiger partial charge is 0.373 e. The van der Waals surface area contributed by atoms with Crippen molar-refractivity contribution in [2.24, 2.45) is 5.92 Å². The van der Waals surface area contributed by atoms with Crippen LogP contribution in [0.15, 0.2) is 0 Å². The molecule has 1 heterocycles. The van der Waals surface area contributed by atoms with E-state index in [0.717, 1.165) is 29.6 Å². The topological polar surface area (TPSA) is 41.1 Å². The molecule has 0 atom stereocenters. The van der Waals surface area contributed by atoms with Crippen molar-refractivity contribution in [2.75, 3.05) is 23.8 Å². The number of nitrogens with one attached hydrogen (secondary N) is 1. The first-order chi connectivity index (χ1) is 8.36. The molecule has 0 aliphatic carbocycles. The summed E-state index contributed by atoms with van der Waals surface area (Å²) < 4.78 is 0. The molecule has 1 aromatic rings. The molecule has 1 aromatic heterocycles. The number of anilines is 2. The van der Waals surface area contributed by atoms with Crippen molar-refractivity contribution in [1.82, 2.24) is 9.97 Å². The van der Waals surface area contributed by atoms with Crippen LogP contribution in [0.3, 0.4) is 0 Å². The van der Waals surface area contributed by atoms with Crippen molar-refractivity contribution in [3.05, 3.63) is 11.4 Å². The van der Waals surface area contributed by atoms with Gasteiger partial charge in [-0.25, -0.2) is 9.97 Å². The van der Waals surface area contributed by atoms with Crippen LogP contribution in [-0.4, -0.2) is 29.6 Å². The molecule has 18 heavy (non-hydrogen) atoms. The third-order valence-corrected chi connectivity index (χ3v) is 2.93. The van der Waals surface area contributed by atoms with Crippen LogP contribution in [0.2, 0.25) is 0 Å². The molecule has 0 spiro atoms. The van der Waals surface area contributed by atoms with Gasteiger partial charge in [0.25, 0.3) is 0 Å². The van der Waals surface area contributed by atoms with E-state index in [-0.39, 0.29) is 0 Å². The highest BCUT2D eigenvalue weighted by Crippen LogP contribution is 2.25. The lowest BCUT2D eigenvalue weighted by atomic mass is 10.1. The van der Waals surface area contributed by atoms with E-state index in [0.29, 0.717) is 12.0 Å². The van der Waals surface area contributed by atoms with Crippen molar-refractivity contribution in [3.8, 4) is 0 Å². The number of hydrogen-bond acceptors (Lipinski definition) is 4. The molecule has 0 bridgehead atoms. The van der Waals surface area contributed by atoms with Crippen LogP contribution in [0.1, 0.15) is 39.1 Å². The zero-order valence-electron chi connectivity index (χ0n) is 12.7. The minimum absolute atomic E-state index is 0.435. The summed E-state index contributed by atoms with van der Waals surface area (Å²) in [6, 6.07) is 0.435. The van der Waals surface area contributed by atoms with E-state index in [9.17, 15) is 0 Å². The van der Waals surface area contributed by atoms with E-state index < -0.39 is 0 Å². The zero-order valence-corrected chi connectivity index (χ0v) is 12.7. The standard InChI is InChI=1S/C14H26N4/c1-9(2)8-18(10(3)4)14-11(5)13(15-7)16-12(6)17-14/h9-10H,8H2,1-7H3,(H,15,16,17). The lowest BCUT2D eigenvalue weighted by Gasteiger charge is -2.31. The molecule has 102 valence electrons. The summed E-state index contributed by atoms with van der Waals surface area (Å²) >= 11 is 0. The Balaban J connectivity index is 3.22. The minimum Gasteiger partial charge on any atom is -0.373 e. The maximum atomic E-state index is 4.63. The molecule has 0 fully saturated rings. The predicted molar refractivity (Wildman–Crippen MR) is 78.4 cm³/mol. The fourth-order valence-corrected chi connectivity index (χ4v) is 2.07. The third kappa shape index (κ3) is 3.34. The molecule has 0 aliphatic heterocycles. The molecule has 1 rings (SSSR count). The van der Waals surface area contributed by atoms with Crippen molar-refractivity contribution in [2.45, 2.75) is 47.6 Å².